The Morgan fingerprint density at radius 2 is 2.10 bits per heavy atom. The molecule has 3 nitrogen and oxygen atoms in total. The maximum atomic E-state index is 12.7. The van der Waals surface area contributed by atoms with Crippen LogP contribution in [0.3, 0.4) is 0 Å². The molecule has 3 aromatic rings. The molecule has 4 rings (SSSR count). The van der Waals surface area contributed by atoms with Crippen molar-refractivity contribution < 1.29 is 4.79 Å². The molecule has 0 radical (unpaired) electrons. The second-order valence-electron chi connectivity index (χ2n) is 5.68. The third-order valence-corrected chi connectivity index (χ3v) is 4.30. The van der Waals surface area contributed by atoms with Gasteiger partial charge in [0.25, 0.3) is 0 Å². The number of benzene rings is 1. The number of fused-ring (bicyclic) bond motifs is 3. The van der Waals surface area contributed by atoms with Crippen molar-refractivity contribution in [3.63, 3.8) is 0 Å². The first-order valence-corrected chi connectivity index (χ1v) is 7.34. The highest BCUT2D eigenvalue weighted by atomic mass is 16.1. The fraction of sp³-hybridized carbons (Fsp3) is 0.222. The van der Waals surface area contributed by atoms with E-state index in [2.05, 4.69) is 22.1 Å². The lowest BCUT2D eigenvalue weighted by Crippen LogP contribution is -2.04. The van der Waals surface area contributed by atoms with Crippen LogP contribution in [0.2, 0.25) is 0 Å². The number of aromatic amines is 1. The monoisotopic (exact) mass is 276 g/mol. The molecular formula is C18H16N2O. The number of nitrogens with zero attached hydrogens (tertiary/aromatic N) is 1. The molecular weight excluding hydrogens is 260 g/mol. The summed E-state index contributed by atoms with van der Waals surface area (Å²) >= 11 is 0. The minimum Gasteiger partial charge on any atom is -0.360 e. The summed E-state index contributed by atoms with van der Waals surface area (Å²) in [5.41, 5.74) is 6.01. The maximum Gasteiger partial charge on any atom is 0.213 e. The average Bonchev–Trinajstić information content (AvgIpc) is 3.12. The zero-order valence-corrected chi connectivity index (χ0v) is 11.9. The van der Waals surface area contributed by atoms with Crippen LogP contribution in [-0.4, -0.2) is 15.8 Å². The predicted molar refractivity (Wildman–Crippen MR) is 82.7 cm³/mol. The van der Waals surface area contributed by atoms with Gasteiger partial charge in [0, 0.05) is 28.4 Å². The first-order valence-electron chi connectivity index (χ1n) is 7.34. The highest BCUT2D eigenvalue weighted by Gasteiger charge is 2.20. The number of aryl methyl sites for hydroxylation is 3. The van der Waals surface area contributed by atoms with Gasteiger partial charge in [-0.1, -0.05) is 18.2 Å². The summed E-state index contributed by atoms with van der Waals surface area (Å²) in [5, 5.41) is 1.02. The molecule has 1 N–H and O–H groups in total. The number of hydrogen-bond acceptors (Lipinski definition) is 2. The molecule has 21 heavy (non-hydrogen) atoms. The SMILES string of the molecule is Cc1cccc(C(=O)c2c[nH]c3c4c(ccc23)CCC4)n1. The second-order valence-corrected chi connectivity index (χ2v) is 5.68. The van der Waals surface area contributed by atoms with Gasteiger partial charge < -0.3 is 4.98 Å². The van der Waals surface area contributed by atoms with Crippen LogP contribution in [0.1, 0.15) is 39.3 Å². The Labute approximate surface area is 123 Å². The molecule has 0 aliphatic heterocycles. The molecule has 0 unspecified atom stereocenters. The number of hydrogen-bond donors (Lipinski definition) is 1. The van der Waals surface area contributed by atoms with E-state index in [0.717, 1.165) is 35.0 Å². The number of H-pyrrole nitrogens is 1. The van der Waals surface area contributed by atoms with Gasteiger partial charge in [-0.3, -0.25) is 4.79 Å². The molecule has 104 valence electrons. The van der Waals surface area contributed by atoms with Crippen LogP contribution in [0.5, 0.6) is 0 Å². The molecule has 1 aromatic carbocycles. The minimum absolute atomic E-state index is 0.0112. The van der Waals surface area contributed by atoms with Crippen LogP contribution in [0.4, 0.5) is 0 Å². The van der Waals surface area contributed by atoms with E-state index in [1.165, 1.54) is 17.5 Å². The molecule has 3 heteroatoms. The summed E-state index contributed by atoms with van der Waals surface area (Å²) in [7, 11) is 0. The summed E-state index contributed by atoms with van der Waals surface area (Å²) in [5.74, 6) is -0.0112. The van der Waals surface area contributed by atoms with Crippen LogP contribution in [0, 0.1) is 6.92 Å². The van der Waals surface area contributed by atoms with E-state index < -0.39 is 0 Å². The van der Waals surface area contributed by atoms with Crippen molar-refractivity contribution in [2.24, 2.45) is 0 Å². The third kappa shape index (κ3) is 1.88. The summed E-state index contributed by atoms with van der Waals surface area (Å²) in [6.07, 6.45) is 5.28. The van der Waals surface area contributed by atoms with Gasteiger partial charge >= 0.3 is 0 Å². The molecule has 2 aromatic heterocycles. The lowest BCUT2D eigenvalue weighted by Gasteiger charge is -2.03. The number of carbonyl (C=O) groups excluding carboxylic acids is 1. The number of pyridine rings is 1. The van der Waals surface area contributed by atoms with Crippen molar-refractivity contribution in [1.82, 2.24) is 9.97 Å². The third-order valence-electron chi connectivity index (χ3n) is 4.30. The van der Waals surface area contributed by atoms with E-state index in [9.17, 15) is 4.79 Å². The quantitative estimate of drug-likeness (QED) is 0.727. The van der Waals surface area contributed by atoms with E-state index in [-0.39, 0.29) is 5.78 Å². The van der Waals surface area contributed by atoms with Crippen LogP contribution in [0.15, 0.2) is 36.5 Å². The normalized spacial score (nSPS) is 13.6. The second kappa shape index (κ2) is 4.55. The minimum atomic E-state index is -0.0112. The van der Waals surface area contributed by atoms with Crippen molar-refractivity contribution in [2.75, 3.05) is 0 Å². The van der Waals surface area contributed by atoms with Crippen LogP contribution < -0.4 is 0 Å². The van der Waals surface area contributed by atoms with E-state index in [1.807, 2.05) is 25.3 Å². The van der Waals surface area contributed by atoms with Gasteiger partial charge in [-0.25, -0.2) is 4.98 Å². The van der Waals surface area contributed by atoms with Gasteiger partial charge in [0.05, 0.1) is 0 Å². The van der Waals surface area contributed by atoms with Gasteiger partial charge in [0.1, 0.15) is 5.69 Å². The number of nitrogens with one attached hydrogen (secondary N) is 1. The zero-order chi connectivity index (χ0) is 14.4. The van der Waals surface area contributed by atoms with Crippen molar-refractivity contribution >= 4 is 16.7 Å². The van der Waals surface area contributed by atoms with Crippen molar-refractivity contribution in [3.8, 4) is 0 Å². The largest absolute Gasteiger partial charge is 0.360 e. The lowest BCUT2D eigenvalue weighted by atomic mass is 10.0. The van der Waals surface area contributed by atoms with Crippen molar-refractivity contribution in [1.29, 1.82) is 0 Å². The first kappa shape index (κ1) is 12.3. The Morgan fingerprint density at radius 3 is 2.95 bits per heavy atom. The van der Waals surface area contributed by atoms with E-state index in [1.54, 1.807) is 6.07 Å². The Morgan fingerprint density at radius 1 is 1.19 bits per heavy atom. The van der Waals surface area contributed by atoms with Gasteiger partial charge in [-0.2, -0.15) is 0 Å². The number of aromatic nitrogens is 2. The van der Waals surface area contributed by atoms with Gasteiger partial charge in [-0.15, -0.1) is 0 Å². The molecule has 0 bridgehead atoms. The number of ketones is 1. The molecule has 0 amide bonds. The van der Waals surface area contributed by atoms with Crippen LogP contribution in [-0.2, 0) is 12.8 Å². The summed E-state index contributed by atoms with van der Waals surface area (Å²) in [4.78, 5) is 20.3. The number of carbonyl (C=O) groups is 1. The summed E-state index contributed by atoms with van der Waals surface area (Å²) < 4.78 is 0. The van der Waals surface area contributed by atoms with E-state index >= 15 is 0 Å². The molecule has 0 saturated carbocycles. The standard InChI is InChI=1S/C18H16N2O/c1-11-4-2-7-16(20-11)18(21)15-10-19-17-13-6-3-5-12(13)8-9-14(15)17/h2,4,7-10,19H,3,5-6H2,1H3. The van der Waals surface area contributed by atoms with Gasteiger partial charge in [-0.05, 0) is 49.4 Å². The molecule has 1 aliphatic rings. The molecule has 2 heterocycles. The molecule has 0 atom stereocenters. The Bertz CT molecular complexity index is 861. The Hall–Kier alpha value is -2.42. The van der Waals surface area contributed by atoms with E-state index in [4.69, 9.17) is 0 Å². The molecule has 0 spiro atoms. The average molecular weight is 276 g/mol. The molecule has 0 fully saturated rings. The fourth-order valence-electron chi connectivity index (χ4n) is 3.27. The van der Waals surface area contributed by atoms with Gasteiger partial charge in [0.15, 0.2) is 0 Å². The number of rotatable bonds is 2. The van der Waals surface area contributed by atoms with Crippen molar-refractivity contribution in [2.45, 2.75) is 26.2 Å². The highest BCUT2D eigenvalue weighted by Crippen LogP contribution is 2.31. The topological polar surface area (TPSA) is 45.8 Å². The smallest absolute Gasteiger partial charge is 0.213 e. The predicted octanol–water partition coefficient (Wildman–Crippen LogP) is 3.59. The summed E-state index contributed by atoms with van der Waals surface area (Å²) in [6, 6.07) is 9.79. The van der Waals surface area contributed by atoms with Gasteiger partial charge in [0.2, 0.25) is 5.78 Å². The van der Waals surface area contributed by atoms with Crippen LogP contribution in [0.25, 0.3) is 10.9 Å². The zero-order valence-electron chi connectivity index (χ0n) is 11.9. The van der Waals surface area contributed by atoms with E-state index in [0.29, 0.717) is 5.69 Å². The maximum absolute atomic E-state index is 12.7. The fourth-order valence-corrected chi connectivity index (χ4v) is 3.27. The molecule has 0 saturated heterocycles. The highest BCUT2D eigenvalue weighted by molar-refractivity contribution is 6.15. The lowest BCUT2D eigenvalue weighted by molar-refractivity contribution is 0.103. The van der Waals surface area contributed by atoms with Crippen molar-refractivity contribution in [3.05, 3.63) is 64.6 Å². The Kier molecular flexibility index (Phi) is 2.67. The first-order chi connectivity index (χ1) is 10.2. The van der Waals surface area contributed by atoms with Crippen LogP contribution >= 0.6 is 0 Å². The molecule has 1 aliphatic carbocycles. The Balaban J connectivity index is 1.86. The summed E-state index contributed by atoms with van der Waals surface area (Å²) in [6.45, 7) is 1.90.